The molecular weight excluding hydrogens is 371 g/mol. The third kappa shape index (κ3) is 5.59. The number of carbonyl (C=O) groups excluding carboxylic acids is 1. The van der Waals surface area contributed by atoms with Crippen molar-refractivity contribution in [3.63, 3.8) is 0 Å². The van der Waals surface area contributed by atoms with Crippen LogP contribution in [0.2, 0.25) is 5.28 Å². The van der Waals surface area contributed by atoms with Crippen molar-refractivity contribution in [3.8, 4) is 11.3 Å². The summed E-state index contributed by atoms with van der Waals surface area (Å²) in [4.78, 5) is 19.3. The van der Waals surface area contributed by atoms with Gasteiger partial charge in [0.25, 0.3) is 0 Å². The smallest absolute Gasteiger partial charge is 0.416 e. The summed E-state index contributed by atoms with van der Waals surface area (Å²) >= 11 is 5.69. The molecule has 0 aliphatic rings. The normalized spacial score (nSPS) is 12.0. The van der Waals surface area contributed by atoms with E-state index in [-0.39, 0.29) is 28.6 Å². The Hall–Kier alpha value is -2.35. The van der Waals surface area contributed by atoms with Crippen LogP contribution < -0.4 is 5.32 Å². The van der Waals surface area contributed by atoms with E-state index in [0.717, 1.165) is 6.07 Å². The quantitative estimate of drug-likeness (QED) is 0.765. The minimum atomic E-state index is -4.60. The van der Waals surface area contributed by atoms with Crippen LogP contribution in [-0.4, -0.2) is 21.7 Å². The second-order valence-corrected chi connectivity index (χ2v) is 6.77. The number of hydrogen-bond donors (Lipinski definition) is 1. The number of ether oxygens (including phenoxy) is 1. The average molecular weight is 388 g/mol. The van der Waals surface area contributed by atoms with E-state index in [1.54, 1.807) is 20.8 Å². The molecule has 0 aliphatic heterocycles. The predicted octanol–water partition coefficient (Wildman–Crippen LogP) is 4.84. The molecule has 0 bridgehead atoms. The summed E-state index contributed by atoms with van der Waals surface area (Å²) in [6, 6.07) is 5.18. The van der Waals surface area contributed by atoms with Crippen molar-refractivity contribution in [2.24, 2.45) is 0 Å². The van der Waals surface area contributed by atoms with Crippen molar-refractivity contribution in [1.29, 1.82) is 0 Å². The highest BCUT2D eigenvalue weighted by molar-refractivity contribution is 6.28. The van der Waals surface area contributed by atoms with Crippen molar-refractivity contribution in [2.75, 3.05) is 0 Å². The van der Waals surface area contributed by atoms with Crippen molar-refractivity contribution in [3.05, 3.63) is 46.9 Å². The number of rotatable bonds is 3. The lowest BCUT2D eigenvalue weighted by Gasteiger charge is -2.20. The third-order valence-corrected chi connectivity index (χ3v) is 3.34. The highest BCUT2D eigenvalue weighted by Gasteiger charge is 2.34. The van der Waals surface area contributed by atoms with Gasteiger partial charge in [-0.2, -0.15) is 13.2 Å². The van der Waals surface area contributed by atoms with Crippen LogP contribution >= 0.6 is 11.6 Å². The number of hydrogen-bond acceptors (Lipinski definition) is 4. The maximum Gasteiger partial charge on any atom is 0.416 e. The molecule has 5 nitrogen and oxygen atoms in total. The fourth-order valence-corrected chi connectivity index (χ4v) is 2.28. The molecule has 2 aromatic rings. The Kier molecular flexibility index (Phi) is 5.75. The van der Waals surface area contributed by atoms with Crippen LogP contribution in [0.25, 0.3) is 11.3 Å². The molecule has 1 N–H and O–H groups in total. The molecule has 0 unspecified atom stereocenters. The molecule has 1 heterocycles. The molecule has 1 aromatic heterocycles. The summed E-state index contributed by atoms with van der Waals surface area (Å²) in [6.45, 7) is 4.66. The molecule has 0 aliphatic carbocycles. The molecule has 0 spiro atoms. The molecule has 0 saturated carbocycles. The first-order valence-electron chi connectivity index (χ1n) is 7.61. The van der Waals surface area contributed by atoms with Gasteiger partial charge in [0.15, 0.2) is 0 Å². The summed E-state index contributed by atoms with van der Waals surface area (Å²) in [7, 11) is 0. The summed E-state index contributed by atoms with van der Waals surface area (Å²) in [5.74, 6) is 0. The number of benzene rings is 1. The number of nitrogens with one attached hydrogen (secondary N) is 1. The second kappa shape index (κ2) is 7.49. The summed E-state index contributed by atoms with van der Waals surface area (Å²) < 4.78 is 45.3. The van der Waals surface area contributed by atoms with E-state index >= 15 is 0 Å². The molecule has 9 heteroatoms. The first-order chi connectivity index (χ1) is 12.0. The lowest BCUT2D eigenvalue weighted by Crippen LogP contribution is -2.32. The lowest BCUT2D eigenvalue weighted by molar-refractivity contribution is -0.138. The zero-order valence-corrected chi connectivity index (χ0v) is 15.1. The van der Waals surface area contributed by atoms with Gasteiger partial charge < -0.3 is 10.1 Å². The fourth-order valence-electron chi connectivity index (χ4n) is 2.13. The molecule has 1 amide bonds. The van der Waals surface area contributed by atoms with E-state index in [2.05, 4.69) is 15.3 Å². The molecule has 2 rings (SSSR count). The molecule has 140 valence electrons. The Morgan fingerprint density at radius 1 is 1.23 bits per heavy atom. The maximum absolute atomic E-state index is 13.4. The van der Waals surface area contributed by atoms with E-state index in [0.29, 0.717) is 0 Å². The van der Waals surface area contributed by atoms with Gasteiger partial charge in [0.1, 0.15) is 5.60 Å². The highest BCUT2D eigenvalue weighted by atomic mass is 35.5. The number of amides is 1. The van der Waals surface area contributed by atoms with Gasteiger partial charge in [-0.15, -0.1) is 0 Å². The molecule has 0 atom stereocenters. The number of halogens is 4. The highest BCUT2D eigenvalue weighted by Crippen LogP contribution is 2.34. The Balaban J connectivity index is 2.28. The van der Waals surface area contributed by atoms with Crippen molar-refractivity contribution in [1.82, 2.24) is 15.3 Å². The van der Waals surface area contributed by atoms with Crippen LogP contribution in [0.1, 0.15) is 31.9 Å². The van der Waals surface area contributed by atoms with Crippen LogP contribution in [-0.2, 0) is 17.5 Å². The summed E-state index contributed by atoms with van der Waals surface area (Å²) in [6.07, 6.45) is -4.04. The number of alkyl halides is 3. The Morgan fingerprint density at radius 3 is 2.50 bits per heavy atom. The molecule has 0 fully saturated rings. The molecule has 26 heavy (non-hydrogen) atoms. The van der Waals surface area contributed by atoms with E-state index in [4.69, 9.17) is 16.3 Å². The summed E-state index contributed by atoms with van der Waals surface area (Å²) in [5, 5.41) is 2.27. The number of alkyl carbamates (subject to hydrolysis) is 1. The maximum atomic E-state index is 13.4. The number of carbonyl (C=O) groups is 1. The fraction of sp³-hybridized carbons (Fsp3) is 0.353. The molecular formula is C17H17ClF3N3O2. The Bertz CT molecular complexity index is 805. The Labute approximate surface area is 153 Å². The van der Waals surface area contributed by atoms with Gasteiger partial charge in [0, 0.05) is 18.3 Å². The van der Waals surface area contributed by atoms with Gasteiger partial charge in [0.2, 0.25) is 5.28 Å². The van der Waals surface area contributed by atoms with Gasteiger partial charge in [-0.25, -0.2) is 14.8 Å². The van der Waals surface area contributed by atoms with E-state index in [9.17, 15) is 18.0 Å². The topological polar surface area (TPSA) is 64.1 Å². The monoisotopic (exact) mass is 387 g/mol. The van der Waals surface area contributed by atoms with Gasteiger partial charge in [-0.3, -0.25) is 0 Å². The molecule has 0 radical (unpaired) electrons. The zero-order valence-electron chi connectivity index (χ0n) is 14.3. The number of nitrogens with zero attached hydrogens (tertiary/aromatic N) is 2. The van der Waals surface area contributed by atoms with Crippen LogP contribution in [0.4, 0.5) is 18.0 Å². The third-order valence-electron chi connectivity index (χ3n) is 3.16. The lowest BCUT2D eigenvalue weighted by atomic mass is 10.0. The predicted molar refractivity (Wildman–Crippen MR) is 90.6 cm³/mol. The van der Waals surface area contributed by atoms with Gasteiger partial charge in [0.05, 0.1) is 11.3 Å². The van der Waals surface area contributed by atoms with Gasteiger partial charge in [-0.1, -0.05) is 12.1 Å². The standard InChI is InChI=1S/C17H17ClF3N3O2/c1-16(2,3)26-15(25)23-9-11-5-4-10(8-12(11)17(19,20)21)13-6-7-22-14(18)24-13/h4-8H,9H2,1-3H3,(H,23,25). The van der Waals surface area contributed by atoms with Crippen molar-refractivity contribution < 1.29 is 22.7 Å². The second-order valence-electron chi connectivity index (χ2n) is 6.44. The number of aromatic nitrogens is 2. The van der Waals surface area contributed by atoms with Crippen LogP contribution in [0, 0.1) is 0 Å². The van der Waals surface area contributed by atoms with Crippen molar-refractivity contribution in [2.45, 2.75) is 39.1 Å². The molecule has 0 saturated heterocycles. The van der Waals surface area contributed by atoms with Crippen molar-refractivity contribution >= 4 is 17.7 Å². The van der Waals surface area contributed by atoms with Gasteiger partial charge in [-0.05, 0) is 50.1 Å². The first-order valence-corrected chi connectivity index (χ1v) is 7.99. The first kappa shape index (κ1) is 20.0. The van der Waals surface area contributed by atoms with E-state index in [1.165, 1.54) is 24.4 Å². The van der Waals surface area contributed by atoms with Crippen LogP contribution in [0.3, 0.4) is 0 Å². The largest absolute Gasteiger partial charge is 0.444 e. The SMILES string of the molecule is CC(C)(C)OC(=O)NCc1ccc(-c2ccnc(Cl)n2)cc1C(F)(F)F. The zero-order chi connectivity index (χ0) is 19.5. The van der Waals surface area contributed by atoms with Gasteiger partial charge >= 0.3 is 12.3 Å². The minimum Gasteiger partial charge on any atom is -0.444 e. The Morgan fingerprint density at radius 2 is 1.92 bits per heavy atom. The van der Waals surface area contributed by atoms with Crippen LogP contribution in [0.5, 0.6) is 0 Å². The van der Waals surface area contributed by atoms with E-state index < -0.39 is 23.4 Å². The van der Waals surface area contributed by atoms with Crippen LogP contribution in [0.15, 0.2) is 30.5 Å². The van der Waals surface area contributed by atoms with E-state index in [1.807, 2.05) is 0 Å². The average Bonchev–Trinajstić information content (AvgIpc) is 2.50. The molecule has 1 aromatic carbocycles. The summed E-state index contributed by atoms with van der Waals surface area (Å²) in [5.41, 5.74) is -1.20. The minimum absolute atomic E-state index is 0.0632.